The van der Waals surface area contributed by atoms with E-state index in [0.29, 0.717) is 17.6 Å². The number of carbonyl (C=O) groups is 1. The van der Waals surface area contributed by atoms with E-state index in [1.165, 1.54) is 0 Å². The maximum atomic E-state index is 11.3. The Balaban J connectivity index is 1.78. The van der Waals surface area contributed by atoms with Crippen LogP contribution in [0.2, 0.25) is 5.02 Å². The van der Waals surface area contributed by atoms with Crippen LogP contribution in [0.1, 0.15) is 12.8 Å². The van der Waals surface area contributed by atoms with E-state index in [9.17, 15) is 4.79 Å². The minimum atomic E-state index is 0.0393. The van der Waals surface area contributed by atoms with Crippen LogP contribution in [0.15, 0.2) is 24.3 Å². The molecule has 1 aromatic carbocycles. The summed E-state index contributed by atoms with van der Waals surface area (Å²) in [6.07, 6.45) is 2.23. The predicted molar refractivity (Wildman–Crippen MR) is 61.1 cm³/mol. The normalized spacial score (nSPS) is 14.7. The van der Waals surface area contributed by atoms with Crippen molar-refractivity contribution in [1.82, 2.24) is 5.32 Å². The average molecular weight is 225 g/mol. The largest absolute Gasteiger partial charge is 0.376 e. The Morgan fingerprint density at radius 1 is 1.47 bits per heavy atom. The summed E-state index contributed by atoms with van der Waals surface area (Å²) < 4.78 is 0. The van der Waals surface area contributed by atoms with Gasteiger partial charge in [0.1, 0.15) is 0 Å². The highest BCUT2D eigenvalue weighted by molar-refractivity contribution is 6.30. The van der Waals surface area contributed by atoms with Crippen molar-refractivity contribution in [2.45, 2.75) is 18.9 Å². The molecule has 0 saturated heterocycles. The summed E-state index contributed by atoms with van der Waals surface area (Å²) in [5.41, 5.74) is 0.869. The van der Waals surface area contributed by atoms with Crippen LogP contribution in [0.3, 0.4) is 0 Å². The molecule has 80 valence electrons. The molecule has 0 heterocycles. The fourth-order valence-electron chi connectivity index (χ4n) is 1.29. The third kappa shape index (κ3) is 3.44. The topological polar surface area (TPSA) is 41.1 Å². The predicted octanol–water partition coefficient (Wildman–Crippen LogP) is 2.03. The zero-order valence-electron chi connectivity index (χ0n) is 8.29. The number of rotatable bonds is 4. The molecule has 3 nitrogen and oxygen atoms in total. The summed E-state index contributed by atoms with van der Waals surface area (Å²) in [6.45, 7) is 0.302. The molecule has 0 spiro atoms. The van der Waals surface area contributed by atoms with Crippen molar-refractivity contribution < 1.29 is 4.79 Å². The van der Waals surface area contributed by atoms with Crippen LogP contribution in [-0.4, -0.2) is 18.5 Å². The van der Waals surface area contributed by atoms with Crippen LogP contribution in [0.25, 0.3) is 0 Å². The Labute approximate surface area is 93.8 Å². The molecule has 1 amide bonds. The molecular weight excluding hydrogens is 212 g/mol. The smallest absolute Gasteiger partial charge is 0.239 e. The van der Waals surface area contributed by atoms with Crippen molar-refractivity contribution in [2.24, 2.45) is 0 Å². The highest BCUT2D eigenvalue weighted by atomic mass is 35.5. The maximum Gasteiger partial charge on any atom is 0.239 e. The van der Waals surface area contributed by atoms with Gasteiger partial charge in [-0.25, -0.2) is 0 Å². The van der Waals surface area contributed by atoms with Gasteiger partial charge in [-0.1, -0.05) is 17.7 Å². The average Bonchev–Trinajstić information content (AvgIpc) is 2.99. The van der Waals surface area contributed by atoms with Crippen molar-refractivity contribution in [3.8, 4) is 0 Å². The molecule has 1 aliphatic rings. The van der Waals surface area contributed by atoms with Gasteiger partial charge in [-0.05, 0) is 31.0 Å². The fraction of sp³-hybridized carbons (Fsp3) is 0.364. The zero-order chi connectivity index (χ0) is 10.7. The monoisotopic (exact) mass is 224 g/mol. The van der Waals surface area contributed by atoms with Crippen molar-refractivity contribution in [3.63, 3.8) is 0 Å². The first-order valence-electron chi connectivity index (χ1n) is 5.03. The molecule has 0 atom stereocenters. The lowest BCUT2D eigenvalue weighted by molar-refractivity contribution is -0.119. The third-order valence-electron chi connectivity index (χ3n) is 2.22. The molecular formula is C11H13ClN2O. The first-order valence-corrected chi connectivity index (χ1v) is 5.40. The van der Waals surface area contributed by atoms with Crippen molar-refractivity contribution in [3.05, 3.63) is 29.3 Å². The summed E-state index contributed by atoms with van der Waals surface area (Å²) in [4.78, 5) is 11.3. The van der Waals surface area contributed by atoms with Crippen molar-refractivity contribution in [1.29, 1.82) is 0 Å². The second-order valence-corrected chi connectivity index (χ2v) is 4.14. The van der Waals surface area contributed by atoms with E-state index < -0.39 is 0 Å². The van der Waals surface area contributed by atoms with Crippen LogP contribution < -0.4 is 10.6 Å². The molecule has 0 radical (unpaired) electrons. The minimum Gasteiger partial charge on any atom is -0.376 e. The van der Waals surface area contributed by atoms with Gasteiger partial charge in [-0.2, -0.15) is 0 Å². The van der Waals surface area contributed by atoms with Gasteiger partial charge in [0.25, 0.3) is 0 Å². The summed E-state index contributed by atoms with van der Waals surface area (Å²) in [5.74, 6) is 0.0393. The van der Waals surface area contributed by atoms with Crippen molar-refractivity contribution in [2.75, 3.05) is 11.9 Å². The van der Waals surface area contributed by atoms with Gasteiger partial charge in [-0.15, -0.1) is 0 Å². The van der Waals surface area contributed by atoms with Gasteiger partial charge in [0.15, 0.2) is 0 Å². The first kappa shape index (κ1) is 10.3. The summed E-state index contributed by atoms with van der Waals surface area (Å²) in [7, 11) is 0. The van der Waals surface area contributed by atoms with E-state index in [4.69, 9.17) is 11.6 Å². The standard InChI is InChI=1S/C11H13ClN2O/c12-8-2-1-3-10(6-8)13-7-11(15)14-9-4-5-9/h1-3,6,9,13H,4-5,7H2,(H,14,15). The third-order valence-corrected chi connectivity index (χ3v) is 2.46. The number of amides is 1. The van der Waals surface area contributed by atoms with E-state index in [0.717, 1.165) is 18.5 Å². The Kier molecular flexibility index (Phi) is 3.11. The maximum absolute atomic E-state index is 11.3. The van der Waals surface area contributed by atoms with Crippen molar-refractivity contribution >= 4 is 23.2 Å². The van der Waals surface area contributed by atoms with Gasteiger partial charge in [-0.3, -0.25) is 4.79 Å². The van der Waals surface area contributed by atoms with Gasteiger partial charge >= 0.3 is 0 Å². The number of carbonyl (C=O) groups excluding carboxylic acids is 1. The molecule has 2 N–H and O–H groups in total. The Morgan fingerprint density at radius 2 is 2.27 bits per heavy atom. The fourth-order valence-corrected chi connectivity index (χ4v) is 1.48. The summed E-state index contributed by atoms with van der Waals surface area (Å²) in [6, 6.07) is 7.75. The van der Waals surface area contributed by atoms with Crippen LogP contribution in [0.4, 0.5) is 5.69 Å². The highest BCUT2D eigenvalue weighted by Crippen LogP contribution is 2.18. The Hall–Kier alpha value is -1.22. The number of hydrogen-bond donors (Lipinski definition) is 2. The van der Waals surface area contributed by atoms with Crippen LogP contribution >= 0.6 is 11.6 Å². The molecule has 1 saturated carbocycles. The molecule has 0 bridgehead atoms. The van der Waals surface area contributed by atoms with E-state index in [-0.39, 0.29) is 5.91 Å². The van der Waals surface area contributed by atoms with E-state index in [1.54, 1.807) is 12.1 Å². The molecule has 1 aliphatic carbocycles. The van der Waals surface area contributed by atoms with E-state index in [1.807, 2.05) is 12.1 Å². The Bertz CT molecular complexity index is 363. The lowest BCUT2D eigenvalue weighted by Gasteiger charge is -2.06. The second-order valence-electron chi connectivity index (χ2n) is 3.71. The highest BCUT2D eigenvalue weighted by Gasteiger charge is 2.22. The molecule has 0 aromatic heterocycles. The second kappa shape index (κ2) is 4.53. The molecule has 1 aromatic rings. The number of nitrogens with one attached hydrogen (secondary N) is 2. The van der Waals surface area contributed by atoms with Crippen LogP contribution in [-0.2, 0) is 4.79 Å². The molecule has 0 unspecified atom stereocenters. The molecule has 1 fully saturated rings. The van der Waals surface area contributed by atoms with E-state index >= 15 is 0 Å². The van der Waals surface area contributed by atoms with Gasteiger partial charge < -0.3 is 10.6 Å². The van der Waals surface area contributed by atoms with Gasteiger partial charge in [0.2, 0.25) is 5.91 Å². The summed E-state index contributed by atoms with van der Waals surface area (Å²) in [5, 5.41) is 6.60. The lowest BCUT2D eigenvalue weighted by atomic mass is 10.3. The quantitative estimate of drug-likeness (QED) is 0.822. The molecule has 2 rings (SSSR count). The van der Waals surface area contributed by atoms with E-state index in [2.05, 4.69) is 10.6 Å². The Morgan fingerprint density at radius 3 is 2.93 bits per heavy atom. The first-order chi connectivity index (χ1) is 7.24. The van der Waals surface area contributed by atoms with Crippen LogP contribution in [0, 0.1) is 0 Å². The van der Waals surface area contributed by atoms with Gasteiger partial charge in [0.05, 0.1) is 6.54 Å². The number of benzene rings is 1. The molecule has 4 heteroatoms. The minimum absolute atomic E-state index is 0.0393. The SMILES string of the molecule is O=C(CNc1cccc(Cl)c1)NC1CC1. The van der Waals surface area contributed by atoms with Gasteiger partial charge in [0, 0.05) is 16.8 Å². The zero-order valence-corrected chi connectivity index (χ0v) is 9.05. The molecule has 0 aliphatic heterocycles. The lowest BCUT2D eigenvalue weighted by Crippen LogP contribution is -2.31. The van der Waals surface area contributed by atoms with Crippen LogP contribution in [0.5, 0.6) is 0 Å². The number of halogens is 1. The molecule has 15 heavy (non-hydrogen) atoms. The number of hydrogen-bond acceptors (Lipinski definition) is 2. The number of anilines is 1. The summed E-state index contributed by atoms with van der Waals surface area (Å²) >= 11 is 5.81.